The molecule has 0 aliphatic carbocycles. The molecular formula is C18H19N5OS2. The van der Waals surface area contributed by atoms with E-state index >= 15 is 0 Å². The number of H-pyrrole nitrogens is 1. The summed E-state index contributed by atoms with van der Waals surface area (Å²) in [5, 5.41) is 9.73. The second-order valence-electron chi connectivity index (χ2n) is 5.74. The van der Waals surface area contributed by atoms with E-state index in [0.717, 1.165) is 10.6 Å². The summed E-state index contributed by atoms with van der Waals surface area (Å²) in [5.74, 6) is 0.342. The van der Waals surface area contributed by atoms with E-state index in [4.69, 9.17) is 5.73 Å². The zero-order valence-corrected chi connectivity index (χ0v) is 16.1. The van der Waals surface area contributed by atoms with Crippen LogP contribution in [0, 0.1) is 13.8 Å². The Kier molecular flexibility index (Phi) is 5.85. The standard InChI is InChI=1S/C18H19N5OS2/c1-11-3-8-15(12(2)9-11)26-14-6-4-13(5-7-14)20-16(24)10-25-18-21-17(19)22-23-18/h3-9H,10H2,1-2H3,(H,20,24)(H3,19,21,22,23). The molecule has 0 spiro atoms. The molecule has 8 heteroatoms. The van der Waals surface area contributed by atoms with Crippen molar-refractivity contribution in [2.75, 3.05) is 16.8 Å². The van der Waals surface area contributed by atoms with Gasteiger partial charge in [0.05, 0.1) is 5.75 Å². The summed E-state index contributed by atoms with van der Waals surface area (Å²) in [6, 6.07) is 14.2. The van der Waals surface area contributed by atoms with Gasteiger partial charge in [-0.1, -0.05) is 41.2 Å². The minimum atomic E-state index is -0.117. The lowest BCUT2D eigenvalue weighted by molar-refractivity contribution is -0.113. The van der Waals surface area contributed by atoms with Gasteiger partial charge in [0.15, 0.2) is 0 Å². The van der Waals surface area contributed by atoms with Gasteiger partial charge in [-0.3, -0.25) is 4.79 Å². The van der Waals surface area contributed by atoms with Gasteiger partial charge >= 0.3 is 0 Å². The normalized spacial score (nSPS) is 10.7. The Bertz CT molecular complexity index is 908. The van der Waals surface area contributed by atoms with Crippen LogP contribution in [0.5, 0.6) is 0 Å². The van der Waals surface area contributed by atoms with Crippen molar-refractivity contribution in [1.29, 1.82) is 0 Å². The zero-order valence-electron chi connectivity index (χ0n) is 14.4. The number of anilines is 2. The number of hydrogen-bond donors (Lipinski definition) is 3. The maximum absolute atomic E-state index is 12.0. The van der Waals surface area contributed by atoms with Crippen molar-refractivity contribution in [3.05, 3.63) is 53.6 Å². The van der Waals surface area contributed by atoms with Crippen molar-refractivity contribution in [1.82, 2.24) is 15.2 Å². The van der Waals surface area contributed by atoms with Gasteiger partial charge in [0.2, 0.25) is 17.0 Å². The number of aromatic amines is 1. The molecular weight excluding hydrogens is 366 g/mol. The highest BCUT2D eigenvalue weighted by Crippen LogP contribution is 2.31. The van der Waals surface area contributed by atoms with E-state index in [9.17, 15) is 4.79 Å². The molecule has 1 aromatic heterocycles. The summed E-state index contributed by atoms with van der Waals surface area (Å²) < 4.78 is 0. The number of nitrogens with two attached hydrogens (primary N) is 1. The van der Waals surface area contributed by atoms with Crippen LogP contribution in [-0.2, 0) is 4.79 Å². The largest absolute Gasteiger partial charge is 0.368 e. The summed E-state index contributed by atoms with van der Waals surface area (Å²) in [6.45, 7) is 4.21. The van der Waals surface area contributed by atoms with Gasteiger partial charge in [-0.15, -0.1) is 5.10 Å². The molecule has 0 radical (unpaired) electrons. The van der Waals surface area contributed by atoms with Gasteiger partial charge < -0.3 is 11.1 Å². The Morgan fingerprint density at radius 2 is 1.96 bits per heavy atom. The Morgan fingerprint density at radius 1 is 1.19 bits per heavy atom. The van der Waals surface area contributed by atoms with Gasteiger partial charge in [0.25, 0.3) is 0 Å². The lowest BCUT2D eigenvalue weighted by atomic mass is 10.2. The number of nitrogens with one attached hydrogen (secondary N) is 2. The number of amides is 1. The SMILES string of the molecule is Cc1ccc(Sc2ccc(NC(=O)CSc3n[nH]c(N)n3)cc2)c(C)c1. The highest BCUT2D eigenvalue weighted by molar-refractivity contribution is 7.99. The van der Waals surface area contributed by atoms with Gasteiger partial charge in [0.1, 0.15) is 0 Å². The maximum Gasteiger partial charge on any atom is 0.234 e. The first-order chi connectivity index (χ1) is 12.5. The lowest BCUT2D eigenvalue weighted by Crippen LogP contribution is -2.14. The van der Waals surface area contributed by atoms with Crippen LogP contribution in [0.4, 0.5) is 11.6 Å². The second-order valence-corrected chi connectivity index (χ2v) is 7.79. The molecule has 0 atom stereocenters. The van der Waals surface area contributed by atoms with E-state index in [0.29, 0.717) is 5.16 Å². The topological polar surface area (TPSA) is 96.7 Å². The first-order valence-electron chi connectivity index (χ1n) is 7.95. The first-order valence-corrected chi connectivity index (χ1v) is 9.75. The van der Waals surface area contributed by atoms with Gasteiger partial charge in [-0.25, -0.2) is 5.10 Å². The van der Waals surface area contributed by atoms with Crippen molar-refractivity contribution < 1.29 is 4.79 Å². The van der Waals surface area contributed by atoms with Crippen LogP contribution >= 0.6 is 23.5 Å². The number of hydrogen-bond acceptors (Lipinski definition) is 6. The third kappa shape index (κ3) is 5.03. The van der Waals surface area contributed by atoms with Crippen LogP contribution in [0.1, 0.15) is 11.1 Å². The molecule has 0 saturated carbocycles. The van der Waals surface area contributed by atoms with Gasteiger partial charge in [-0.05, 0) is 49.7 Å². The highest BCUT2D eigenvalue weighted by Gasteiger charge is 2.07. The summed E-state index contributed by atoms with van der Waals surface area (Å²) in [5.41, 5.74) is 8.73. The molecule has 0 unspecified atom stereocenters. The average Bonchev–Trinajstić information content (AvgIpc) is 3.03. The van der Waals surface area contributed by atoms with E-state index < -0.39 is 0 Å². The fraction of sp³-hybridized carbons (Fsp3) is 0.167. The Balaban J connectivity index is 1.54. The molecule has 0 aliphatic heterocycles. The second kappa shape index (κ2) is 8.29. The van der Waals surface area contributed by atoms with E-state index in [1.807, 2.05) is 24.3 Å². The van der Waals surface area contributed by atoms with Crippen molar-refractivity contribution in [2.45, 2.75) is 28.8 Å². The Labute approximate surface area is 160 Å². The molecule has 134 valence electrons. The molecule has 1 amide bonds. The maximum atomic E-state index is 12.0. The number of aryl methyl sites for hydroxylation is 2. The minimum absolute atomic E-state index is 0.117. The molecule has 0 saturated heterocycles. The molecule has 0 bridgehead atoms. The predicted octanol–water partition coefficient (Wildman–Crippen LogP) is 3.89. The third-order valence-corrected chi connectivity index (χ3v) is 5.54. The predicted molar refractivity (Wildman–Crippen MR) is 107 cm³/mol. The van der Waals surface area contributed by atoms with E-state index in [1.165, 1.54) is 27.8 Å². The first kappa shape index (κ1) is 18.3. The number of benzene rings is 2. The number of rotatable bonds is 6. The molecule has 2 aromatic carbocycles. The zero-order chi connectivity index (χ0) is 18.5. The molecule has 0 aliphatic rings. The number of aromatic nitrogens is 3. The minimum Gasteiger partial charge on any atom is -0.368 e. The highest BCUT2D eigenvalue weighted by atomic mass is 32.2. The Hall–Kier alpha value is -2.45. The number of carbonyl (C=O) groups excluding carboxylic acids is 1. The quantitative estimate of drug-likeness (QED) is 0.557. The van der Waals surface area contributed by atoms with Crippen LogP contribution in [-0.4, -0.2) is 26.8 Å². The molecule has 6 nitrogen and oxygen atoms in total. The molecule has 1 heterocycles. The average molecular weight is 386 g/mol. The fourth-order valence-electron chi connectivity index (χ4n) is 2.30. The molecule has 26 heavy (non-hydrogen) atoms. The molecule has 4 N–H and O–H groups in total. The third-order valence-electron chi connectivity index (χ3n) is 3.51. The van der Waals surface area contributed by atoms with Crippen molar-refractivity contribution in [3.63, 3.8) is 0 Å². The summed E-state index contributed by atoms with van der Waals surface area (Å²) >= 11 is 2.94. The van der Waals surface area contributed by atoms with Crippen molar-refractivity contribution in [3.8, 4) is 0 Å². The summed E-state index contributed by atoms with van der Waals surface area (Å²) in [6.07, 6.45) is 0. The van der Waals surface area contributed by atoms with Gasteiger partial charge in [0, 0.05) is 15.5 Å². The van der Waals surface area contributed by atoms with Crippen LogP contribution in [0.2, 0.25) is 0 Å². The van der Waals surface area contributed by atoms with Crippen LogP contribution in [0.15, 0.2) is 57.4 Å². The fourth-order valence-corrected chi connectivity index (χ4v) is 3.78. The molecule has 3 rings (SSSR count). The molecule has 3 aromatic rings. The van der Waals surface area contributed by atoms with E-state index in [2.05, 4.69) is 52.5 Å². The number of nitrogen functional groups attached to an aromatic ring is 1. The van der Waals surface area contributed by atoms with Crippen molar-refractivity contribution in [2.24, 2.45) is 0 Å². The van der Waals surface area contributed by atoms with E-state index in [1.54, 1.807) is 11.8 Å². The number of nitrogens with zero attached hydrogens (tertiary/aromatic N) is 2. The monoisotopic (exact) mass is 385 g/mol. The summed E-state index contributed by atoms with van der Waals surface area (Å²) in [4.78, 5) is 18.3. The summed E-state index contributed by atoms with van der Waals surface area (Å²) in [7, 11) is 0. The number of carbonyl (C=O) groups is 1. The Morgan fingerprint density at radius 3 is 2.62 bits per heavy atom. The molecule has 0 fully saturated rings. The lowest BCUT2D eigenvalue weighted by Gasteiger charge is -2.08. The van der Waals surface area contributed by atoms with Crippen LogP contribution in [0.3, 0.4) is 0 Å². The van der Waals surface area contributed by atoms with Crippen molar-refractivity contribution >= 4 is 41.1 Å². The van der Waals surface area contributed by atoms with E-state index in [-0.39, 0.29) is 17.6 Å². The van der Waals surface area contributed by atoms with Crippen LogP contribution < -0.4 is 11.1 Å². The van der Waals surface area contributed by atoms with Gasteiger partial charge in [-0.2, -0.15) is 4.98 Å². The van der Waals surface area contributed by atoms with Crippen LogP contribution in [0.25, 0.3) is 0 Å². The smallest absolute Gasteiger partial charge is 0.234 e. The number of thioether (sulfide) groups is 1.